The van der Waals surface area contributed by atoms with E-state index in [1.165, 1.54) is 161 Å². The molecule has 6 heteroatoms. The van der Waals surface area contributed by atoms with Gasteiger partial charge >= 0.3 is 17.9 Å². The molecule has 0 aromatic heterocycles. The average molecular weight is 1140 g/mol. The summed E-state index contributed by atoms with van der Waals surface area (Å²) < 4.78 is 16.9. The molecule has 0 rings (SSSR count). The number of carbonyl (C=O) groups is 3. The van der Waals surface area contributed by atoms with Gasteiger partial charge in [0, 0.05) is 19.3 Å². The molecule has 1 atom stereocenters. The van der Waals surface area contributed by atoms with Crippen LogP contribution < -0.4 is 0 Å². The van der Waals surface area contributed by atoms with Crippen LogP contribution in [0, 0.1) is 0 Å². The molecule has 0 amide bonds. The third-order valence-electron chi connectivity index (χ3n) is 14.7. The van der Waals surface area contributed by atoms with E-state index in [4.69, 9.17) is 14.2 Å². The fourth-order valence-electron chi connectivity index (χ4n) is 9.52. The highest BCUT2D eigenvalue weighted by molar-refractivity contribution is 5.71. The highest BCUT2D eigenvalue weighted by atomic mass is 16.6. The van der Waals surface area contributed by atoms with Crippen LogP contribution in [0.1, 0.15) is 323 Å². The van der Waals surface area contributed by atoms with Gasteiger partial charge in [-0.15, -0.1) is 0 Å². The highest BCUT2D eigenvalue weighted by Gasteiger charge is 2.19. The van der Waals surface area contributed by atoms with Crippen molar-refractivity contribution >= 4 is 17.9 Å². The molecule has 0 fully saturated rings. The van der Waals surface area contributed by atoms with Crippen molar-refractivity contribution in [3.05, 3.63) is 122 Å². The van der Waals surface area contributed by atoms with Crippen LogP contribution in [0.2, 0.25) is 0 Å². The second-order valence-corrected chi connectivity index (χ2v) is 22.7. The van der Waals surface area contributed by atoms with E-state index < -0.39 is 6.10 Å². The number of rotatable bonds is 62. The van der Waals surface area contributed by atoms with E-state index in [0.29, 0.717) is 19.3 Å². The minimum Gasteiger partial charge on any atom is -0.462 e. The van der Waals surface area contributed by atoms with Crippen LogP contribution in [-0.2, 0) is 28.6 Å². The smallest absolute Gasteiger partial charge is 0.306 e. The van der Waals surface area contributed by atoms with Gasteiger partial charge in [0.25, 0.3) is 0 Å². The van der Waals surface area contributed by atoms with Crippen LogP contribution in [0.25, 0.3) is 0 Å². The summed E-state index contributed by atoms with van der Waals surface area (Å²) in [6.07, 6.45) is 96.6. The van der Waals surface area contributed by atoms with E-state index in [2.05, 4.69) is 142 Å². The summed E-state index contributed by atoms with van der Waals surface area (Å²) >= 11 is 0. The average Bonchev–Trinajstić information content (AvgIpc) is 3.48. The zero-order valence-electron chi connectivity index (χ0n) is 53.7. The number of ether oxygens (including phenoxy) is 3. The van der Waals surface area contributed by atoms with Gasteiger partial charge in [0.2, 0.25) is 0 Å². The standard InChI is InChI=1S/C76H128O6/c1-4-7-10-13-16-19-22-24-26-28-30-32-33-34-35-36-37-38-39-40-41-42-43-45-46-48-50-52-54-57-60-63-66-69-75(78)81-72-73(71-80-74(77)68-65-62-59-56-21-18-15-12-9-6-3)82-76(79)70-67-64-61-58-55-53-51-49-47-44-31-29-27-25-23-20-17-14-11-8-5-2/h7,10,12,15-16,19,23-26,29-32,34-35,37-38,40-41,73H,4-6,8-9,11,13-14,17-18,20-22,27-28,33,36,39,42-72H2,1-3H3/b10-7-,15-12-,19-16-,25-23-,26-24-,31-29-,32-30-,35-34-,38-37-,41-40-. The molecular formula is C76H128O6. The Bertz CT molecular complexity index is 1690. The predicted octanol–water partition coefficient (Wildman–Crippen LogP) is 23.9. The van der Waals surface area contributed by atoms with Gasteiger partial charge in [-0.25, -0.2) is 0 Å². The molecule has 0 N–H and O–H groups in total. The molecule has 6 nitrogen and oxygen atoms in total. The van der Waals surface area contributed by atoms with Crippen molar-refractivity contribution in [1.29, 1.82) is 0 Å². The van der Waals surface area contributed by atoms with Gasteiger partial charge < -0.3 is 14.2 Å². The molecule has 0 bridgehead atoms. The maximum atomic E-state index is 12.9. The number of hydrogen-bond acceptors (Lipinski definition) is 6. The van der Waals surface area contributed by atoms with Gasteiger partial charge in [0.15, 0.2) is 6.10 Å². The highest BCUT2D eigenvalue weighted by Crippen LogP contribution is 2.16. The van der Waals surface area contributed by atoms with E-state index in [1.54, 1.807) is 0 Å². The second kappa shape index (κ2) is 69.3. The SMILES string of the molecule is CC/C=C\C/C=C\C/C=C\C/C=C\C/C=C\C/C=C\C/C=C\CCCCCCCCCCCCCC(=O)OCC(COC(=O)CCCCCCC/C=C\CCC)OC(=O)CCCCCCCCCCC/C=C\C/C=C\CCCCCCC. The van der Waals surface area contributed by atoms with E-state index in [9.17, 15) is 14.4 Å². The van der Waals surface area contributed by atoms with Gasteiger partial charge in [-0.2, -0.15) is 0 Å². The van der Waals surface area contributed by atoms with Gasteiger partial charge in [0.05, 0.1) is 0 Å². The van der Waals surface area contributed by atoms with Crippen molar-refractivity contribution in [3.63, 3.8) is 0 Å². The van der Waals surface area contributed by atoms with Crippen LogP contribution in [0.3, 0.4) is 0 Å². The predicted molar refractivity (Wildman–Crippen MR) is 357 cm³/mol. The van der Waals surface area contributed by atoms with Gasteiger partial charge in [-0.3, -0.25) is 14.4 Å². The summed E-state index contributed by atoms with van der Waals surface area (Å²) in [6, 6.07) is 0. The van der Waals surface area contributed by atoms with E-state index in [0.717, 1.165) is 122 Å². The minimum atomic E-state index is -0.787. The Hall–Kier alpha value is -4.19. The summed E-state index contributed by atoms with van der Waals surface area (Å²) in [5, 5.41) is 0. The number of esters is 3. The Kier molecular flexibility index (Phi) is 65.8. The van der Waals surface area contributed by atoms with E-state index >= 15 is 0 Å². The summed E-state index contributed by atoms with van der Waals surface area (Å²) in [5.41, 5.74) is 0. The van der Waals surface area contributed by atoms with Gasteiger partial charge in [-0.05, 0) is 128 Å². The van der Waals surface area contributed by atoms with Crippen molar-refractivity contribution in [1.82, 2.24) is 0 Å². The van der Waals surface area contributed by atoms with Crippen molar-refractivity contribution in [2.75, 3.05) is 13.2 Å². The molecule has 0 aliphatic rings. The Morgan fingerprint density at radius 2 is 0.500 bits per heavy atom. The lowest BCUT2D eigenvalue weighted by Crippen LogP contribution is -2.30. The summed E-state index contributed by atoms with van der Waals surface area (Å²) in [6.45, 7) is 6.46. The summed E-state index contributed by atoms with van der Waals surface area (Å²) in [7, 11) is 0. The lowest BCUT2D eigenvalue weighted by atomic mass is 10.0. The molecule has 0 aromatic rings. The first-order valence-electron chi connectivity index (χ1n) is 34.5. The Balaban J connectivity index is 4.20. The molecule has 0 aliphatic heterocycles. The largest absolute Gasteiger partial charge is 0.462 e. The molecule has 0 saturated heterocycles. The van der Waals surface area contributed by atoms with Gasteiger partial charge in [0.1, 0.15) is 13.2 Å². The van der Waals surface area contributed by atoms with E-state index in [1.807, 2.05) is 0 Å². The van der Waals surface area contributed by atoms with Crippen LogP contribution in [0.4, 0.5) is 0 Å². The normalized spacial score (nSPS) is 12.9. The van der Waals surface area contributed by atoms with Crippen LogP contribution in [0.15, 0.2) is 122 Å². The Labute approximate surface area is 507 Å². The lowest BCUT2D eigenvalue weighted by molar-refractivity contribution is -0.167. The number of allylic oxidation sites excluding steroid dienone is 20. The minimum absolute atomic E-state index is 0.0841. The van der Waals surface area contributed by atoms with Crippen molar-refractivity contribution in [2.24, 2.45) is 0 Å². The zero-order chi connectivity index (χ0) is 59.2. The van der Waals surface area contributed by atoms with Crippen LogP contribution >= 0.6 is 0 Å². The molecular weight excluding hydrogens is 1010 g/mol. The molecule has 0 aliphatic carbocycles. The topological polar surface area (TPSA) is 78.9 Å². The molecule has 0 spiro atoms. The lowest BCUT2D eigenvalue weighted by Gasteiger charge is -2.18. The zero-order valence-corrected chi connectivity index (χ0v) is 53.7. The number of hydrogen-bond donors (Lipinski definition) is 0. The fraction of sp³-hybridized carbons (Fsp3) is 0.697. The fourth-order valence-corrected chi connectivity index (χ4v) is 9.52. The summed E-state index contributed by atoms with van der Waals surface area (Å²) in [4.78, 5) is 38.3. The maximum absolute atomic E-state index is 12.9. The van der Waals surface area contributed by atoms with Crippen molar-refractivity contribution in [2.45, 2.75) is 329 Å². The number of unbranched alkanes of at least 4 members (excludes halogenated alkanes) is 31. The Morgan fingerprint density at radius 1 is 0.256 bits per heavy atom. The van der Waals surface area contributed by atoms with E-state index in [-0.39, 0.29) is 31.1 Å². The molecule has 0 saturated carbocycles. The van der Waals surface area contributed by atoms with Crippen molar-refractivity contribution < 1.29 is 28.6 Å². The molecule has 82 heavy (non-hydrogen) atoms. The van der Waals surface area contributed by atoms with Crippen molar-refractivity contribution in [3.8, 4) is 0 Å². The first-order valence-corrected chi connectivity index (χ1v) is 34.5. The first-order chi connectivity index (χ1) is 40.5. The first kappa shape index (κ1) is 77.8. The molecule has 1 unspecified atom stereocenters. The third kappa shape index (κ3) is 66.6. The van der Waals surface area contributed by atoms with Gasteiger partial charge in [-0.1, -0.05) is 296 Å². The molecule has 0 heterocycles. The maximum Gasteiger partial charge on any atom is 0.306 e. The van der Waals surface area contributed by atoms with Crippen LogP contribution in [-0.4, -0.2) is 37.2 Å². The summed E-state index contributed by atoms with van der Waals surface area (Å²) in [5.74, 6) is -0.894. The molecule has 0 aromatic carbocycles. The second-order valence-electron chi connectivity index (χ2n) is 22.7. The number of carbonyl (C=O) groups excluding carboxylic acids is 3. The third-order valence-corrected chi connectivity index (χ3v) is 14.7. The molecule has 468 valence electrons. The van der Waals surface area contributed by atoms with Crippen LogP contribution in [0.5, 0.6) is 0 Å². The Morgan fingerprint density at radius 3 is 0.805 bits per heavy atom. The monoisotopic (exact) mass is 1140 g/mol. The quantitative estimate of drug-likeness (QED) is 0.0261. The molecule has 0 radical (unpaired) electrons.